The van der Waals surface area contributed by atoms with Gasteiger partial charge in [0.15, 0.2) is 0 Å². The first kappa shape index (κ1) is 16.2. The summed E-state index contributed by atoms with van der Waals surface area (Å²) in [5.41, 5.74) is 1.37. The molecule has 1 rings (SSSR count). The maximum absolute atomic E-state index is 11.7. The highest BCUT2D eigenvalue weighted by molar-refractivity contribution is 9.10. The first-order valence-electron chi connectivity index (χ1n) is 6.80. The Morgan fingerprint density at radius 3 is 2.37 bits per heavy atom. The van der Waals surface area contributed by atoms with Crippen molar-refractivity contribution in [3.8, 4) is 0 Å². The molecule has 0 aromatic heterocycles. The summed E-state index contributed by atoms with van der Waals surface area (Å²) in [6.07, 6.45) is 1.57. The molecule has 1 N–H and O–H groups in total. The lowest BCUT2D eigenvalue weighted by Crippen LogP contribution is -2.35. The molecule has 0 saturated heterocycles. The average molecular weight is 326 g/mol. The highest BCUT2D eigenvalue weighted by atomic mass is 79.9. The third kappa shape index (κ3) is 6.76. The number of carbonyl (C=O) groups excluding carboxylic acids is 1. The second-order valence-electron chi connectivity index (χ2n) is 6.34. The van der Waals surface area contributed by atoms with Crippen LogP contribution in [0.1, 0.15) is 39.7 Å². The van der Waals surface area contributed by atoms with Gasteiger partial charge in [0.1, 0.15) is 0 Å². The number of nitrogens with one attached hydrogen (secondary N) is 1. The summed E-state index contributed by atoms with van der Waals surface area (Å²) in [6.45, 7) is 9.21. The van der Waals surface area contributed by atoms with E-state index in [0.29, 0.717) is 18.9 Å². The normalized spacial score (nSPS) is 11.7. The van der Waals surface area contributed by atoms with Crippen molar-refractivity contribution < 1.29 is 4.79 Å². The molecule has 0 heterocycles. The van der Waals surface area contributed by atoms with Crippen molar-refractivity contribution in [1.82, 2.24) is 5.32 Å². The first-order chi connectivity index (χ1) is 8.78. The van der Waals surface area contributed by atoms with Gasteiger partial charge in [0.25, 0.3) is 0 Å². The van der Waals surface area contributed by atoms with Gasteiger partial charge in [-0.25, -0.2) is 0 Å². The van der Waals surface area contributed by atoms with Crippen molar-refractivity contribution in [1.29, 1.82) is 0 Å². The first-order valence-corrected chi connectivity index (χ1v) is 7.59. The zero-order valence-corrected chi connectivity index (χ0v) is 13.9. The van der Waals surface area contributed by atoms with Crippen LogP contribution in [0.2, 0.25) is 0 Å². The lowest BCUT2D eigenvalue weighted by Gasteiger charge is -2.25. The highest BCUT2D eigenvalue weighted by Crippen LogP contribution is 2.22. The Hall–Kier alpha value is -0.830. The summed E-state index contributed by atoms with van der Waals surface area (Å²) in [6, 6.07) is 8.37. The number of halogens is 1. The number of hydrogen-bond donors (Lipinski definition) is 1. The summed E-state index contributed by atoms with van der Waals surface area (Å²) < 4.78 is 1.10. The van der Waals surface area contributed by atoms with E-state index < -0.39 is 0 Å². The van der Waals surface area contributed by atoms with Gasteiger partial charge in [0.05, 0.1) is 0 Å². The maximum Gasteiger partial charge on any atom is 0.220 e. The van der Waals surface area contributed by atoms with Gasteiger partial charge in [-0.3, -0.25) is 4.79 Å². The Labute approximate surface area is 125 Å². The largest absolute Gasteiger partial charge is 0.356 e. The molecule has 19 heavy (non-hydrogen) atoms. The number of carbonyl (C=O) groups is 1. The molecular formula is C16H24BrNO. The number of benzene rings is 1. The molecule has 1 aromatic rings. The second kappa shape index (κ2) is 7.09. The molecule has 0 unspecified atom stereocenters. The van der Waals surface area contributed by atoms with Gasteiger partial charge in [0, 0.05) is 17.4 Å². The fourth-order valence-electron chi connectivity index (χ4n) is 2.00. The minimum atomic E-state index is 0.0699. The van der Waals surface area contributed by atoms with Crippen LogP contribution in [0.15, 0.2) is 28.7 Å². The molecule has 106 valence electrons. The zero-order valence-electron chi connectivity index (χ0n) is 12.3. The van der Waals surface area contributed by atoms with E-state index in [2.05, 4.69) is 73.2 Å². The Morgan fingerprint density at radius 2 is 1.84 bits per heavy atom. The van der Waals surface area contributed by atoms with E-state index in [0.717, 1.165) is 10.9 Å². The molecule has 0 aliphatic rings. The molecule has 0 fully saturated rings. The van der Waals surface area contributed by atoms with Crippen LogP contribution in [-0.4, -0.2) is 12.5 Å². The molecule has 0 saturated carbocycles. The van der Waals surface area contributed by atoms with Crippen LogP contribution < -0.4 is 5.32 Å². The summed E-state index contributed by atoms with van der Waals surface area (Å²) in [5.74, 6) is 0.563. The smallest absolute Gasteiger partial charge is 0.220 e. The van der Waals surface area contributed by atoms with Gasteiger partial charge < -0.3 is 5.32 Å². The van der Waals surface area contributed by atoms with Crippen molar-refractivity contribution >= 4 is 21.8 Å². The average Bonchev–Trinajstić information content (AvgIpc) is 2.29. The summed E-state index contributed by atoms with van der Waals surface area (Å²) in [4.78, 5) is 11.7. The van der Waals surface area contributed by atoms with Gasteiger partial charge in [-0.2, -0.15) is 0 Å². The van der Waals surface area contributed by atoms with Gasteiger partial charge in [0.2, 0.25) is 5.91 Å². The van der Waals surface area contributed by atoms with E-state index in [1.54, 1.807) is 0 Å². The molecule has 3 heteroatoms. The molecule has 0 aliphatic heterocycles. The summed E-state index contributed by atoms with van der Waals surface area (Å²) in [7, 11) is 0. The van der Waals surface area contributed by atoms with E-state index in [4.69, 9.17) is 0 Å². The van der Waals surface area contributed by atoms with Crippen LogP contribution in [0.5, 0.6) is 0 Å². The van der Waals surface area contributed by atoms with Crippen molar-refractivity contribution in [3.05, 3.63) is 34.3 Å². The maximum atomic E-state index is 11.7. The molecular weight excluding hydrogens is 302 g/mol. The fraction of sp³-hybridized carbons (Fsp3) is 0.562. The Morgan fingerprint density at radius 1 is 1.26 bits per heavy atom. The van der Waals surface area contributed by atoms with Gasteiger partial charge in [-0.05, 0) is 35.4 Å². The molecule has 0 radical (unpaired) electrons. The van der Waals surface area contributed by atoms with Crippen LogP contribution >= 0.6 is 15.9 Å². The highest BCUT2D eigenvalue weighted by Gasteiger charge is 2.19. The predicted molar refractivity (Wildman–Crippen MR) is 84.1 cm³/mol. The SMILES string of the molecule is CC(C)CC(=O)NCC(C)(C)Cc1ccc(Br)cc1. The van der Waals surface area contributed by atoms with Crippen LogP contribution in [0.25, 0.3) is 0 Å². The Bertz CT molecular complexity index is 409. The molecule has 1 amide bonds. The van der Waals surface area contributed by atoms with E-state index in [-0.39, 0.29) is 11.3 Å². The van der Waals surface area contributed by atoms with E-state index in [1.807, 2.05) is 0 Å². The van der Waals surface area contributed by atoms with Crippen molar-refractivity contribution in [2.75, 3.05) is 6.54 Å². The van der Waals surface area contributed by atoms with Gasteiger partial charge in [-0.15, -0.1) is 0 Å². The van der Waals surface area contributed by atoms with E-state index in [1.165, 1.54) is 5.56 Å². The minimum absolute atomic E-state index is 0.0699. The van der Waals surface area contributed by atoms with Gasteiger partial charge in [-0.1, -0.05) is 55.8 Å². The molecule has 0 bridgehead atoms. The Balaban J connectivity index is 2.47. The summed E-state index contributed by atoms with van der Waals surface area (Å²) in [5, 5.41) is 3.04. The lowest BCUT2D eigenvalue weighted by atomic mass is 9.85. The van der Waals surface area contributed by atoms with Crippen LogP contribution in [0.3, 0.4) is 0 Å². The van der Waals surface area contributed by atoms with E-state index >= 15 is 0 Å². The number of hydrogen-bond acceptors (Lipinski definition) is 1. The molecule has 0 aliphatic carbocycles. The van der Waals surface area contributed by atoms with Crippen LogP contribution in [0, 0.1) is 11.3 Å². The van der Waals surface area contributed by atoms with Crippen molar-refractivity contribution in [3.63, 3.8) is 0 Å². The zero-order chi connectivity index (χ0) is 14.5. The third-order valence-electron chi connectivity index (χ3n) is 2.95. The predicted octanol–water partition coefficient (Wildman–Crippen LogP) is 4.18. The van der Waals surface area contributed by atoms with E-state index in [9.17, 15) is 4.79 Å². The fourth-order valence-corrected chi connectivity index (χ4v) is 2.26. The van der Waals surface area contributed by atoms with Crippen LogP contribution in [-0.2, 0) is 11.2 Å². The quantitative estimate of drug-likeness (QED) is 0.835. The molecule has 0 atom stereocenters. The van der Waals surface area contributed by atoms with Crippen molar-refractivity contribution in [2.45, 2.75) is 40.5 Å². The Kier molecular flexibility index (Phi) is 6.05. The van der Waals surface area contributed by atoms with Crippen LogP contribution in [0.4, 0.5) is 0 Å². The molecule has 2 nitrogen and oxygen atoms in total. The monoisotopic (exact) mass is 325 g/mol. The topological polar surface area (TPSA) is 29.1 Å². The molecule has 0 spiro atoms. The molecule has 1 aromatic carbocycles. The van der Waals surface area contributed by atoms with Crippen molar-refractivity contribution in [2.24, 2.45) is 11.3 Å². The lowest BCUT2D eigenvalue weighted by molar-refractivity contribution is -0.122. The third-order valence-corrected chi connectivity index (χ3v) is 3.48. The second-order valence-corrected chi connectivity index (χ2v) is 7.26. The number of rotatable bonds is 6. The minimum Gasteiger partial charge on any atom is -0.356 e. The standard InChI is InChI=1S/C16H24BrNO/c1-12(2)9-15(19)18-11-16(3,4)10-13-5-7-14(17)8-6-13/h5-8,12H,9-11H2,1-4H3,(H,18,19). The van der Waals surface area contributed by atoms with Gasteiger partial charge >= 0.3 is 0 Å². The number of amides is 1. The summed E-state index contributed by atoms with van der Waals surface area (Å²) >= 11 is 3.44.